The topological polar surface area (TPSA) is 12.0 Å². The van der Waals surface area contributed by atoms with E-state index in [0.29, 0.717) is 11.8 Å². The molecule has 0 saturated heterocycles. The monoisotopic (exact) mass is 263 g/mol. The minimum absolute atomic E-state index is 0.0571. The van der Waals surface area contributed by atoms with Gasteiger partial charge in [0.1, 0.15) is 5.82 Å². The molecule has 0 aromatic heterocycles. The number of rotatable bonds is 5. The van der Waals surface area contributed by atoms with Crippen molar-refractivity contribution in [3.05, 3.63) is 35.1 Å². The molecule has 2 rings (SSSR count). The molecule has 1 nitrogen and oxygen atoms in total. The van der Waals surface area contributed by atoms with Gasteiger partial charge in [0.2, 0.25) is 0 Å². The summed E-state index contributed by atoms with van der Waals surface area (Å²) in [7, 11) is 0. The molecule has 1 aliphatic rings. The number of hydrogen-bond donors (Lipinski definition) is 1. The van der Waals surface area contributed by atoms with Crippen molar-refractivity contribution >= 4 is 0 Å². The van der Waals surface area contributed by atoms with E-state index in [2.05, 4.69) is 19.2 Å². The van der Waals surface area contributed by atoms with E-state index >= 15 is 0 Å². The average molecular weight is 263 g/mol. The highest BCUT2D eigenvalue weighted by Gasteiger charge is 2.32. The number of benzene rings is 1. The molecule has 1 fully saturated rings. The fourth-order valence-corrected chi connectivity index (χ4v) is 3.36. The van der Waals surface area contributed by atoms with Crippen molar-refractivity contribution in [3.8, 4) is 0 Å². The maximum Gasteiger partial charge on any atom is 0.128 e. The summed E-state index contributed by atoms with van der Waals surface area (Å²) >= 11 is 0. The summed E-state index contributed by atoms with van der Waals surface area (Å²) in [6.45, 7) is 7.47. The SMILES string of the molecule is CCCNC(c1cc(C)ccc1F)C1CCCC1C. The van der Waals surface area contributed by atoms with Gasteiger partial charge in [0.15, 0.2) is 0 Å². The predicted octanol–water partition coefficient (Wildman–Crippen LogP) is 4.61. The molecule has 0 heterocycles. The maximum absolute atomic E-state index is 14.2. The summed E-state index contributed by atoms with van der Waals surface area (Å²) in [5.74, 6) is 1.20. The summed E-state index contributed by atoms with van der Waals surface area (Å²) in [4.78, 5) is 0. The van der Waals surface area contributed by atoms with Gasteiger partial charge in [-0.25, -0.2) is 4.39 Å². The van der Waals surface area contributed by atoms with E-state index in [1.54, 1.807) is 6.07 Å². The van der Waals surface area contributed by atoms with Crippen molar-refractivity contribution < 1.29 is 4.39 Å². The van der Waals surface area contributed by atoms with E-state index in [1.165, 1.54) is 19.3 Å². The minimum atomic E-state index is -0.0571. The summed E-state index contributed by atoms with van der Waals surface area (Å²) in [5.41, 5.74) is 2.01. The van der Waals surface area contributed by atoms with Gasteiger partial charge in [0, 0.05) is 11.6 Å². The Kier molecular flexibility index (Phi) is 4.98. The van der Waals surface area contributed by atoms with Crippen LogP contribution in [-0.4, -0.2) is 6.54 Å². The average Bonchev–Trinajstić information content (AvgIpc) is 2.80. The molecule has 1 aromatic carbocycles. The molecule has 0 radical (unpaired) electrons. The van der Waals surface area contributed by atoms with Crippen molar-refractivity contribution in [1.82, 2.24) is 5.32 Å². The molecule has 1 N–H and O–H groups in total. The normalized spacial score (nSPS) is 24.6. The van der Waals surface area contributed by atoms with Crippen LogP contribution in [0.2, 0.25) is 0 Å². The fraction of sp³-hybridized carbons (Fsp3) is 0.647. The highest BCUT2D eigenvalue weighted by molar-refractivity contribution is 5.27. The summed E-state index contributed by atoms with van der Waals surface area (Å²) in [6, 6.07) is 5.67. The Bertz CT molecular complexity index is 416. The second kappa shape index (κ2) is 6.51. The van der Waals surface area contributed by atoms with Crippen LogP contribution < -0.4 is 5.32 Å². The van der Waals surface area contributed by atoms with Crippen LogP contribution in [0.4, 0.5) is 4.39 Å². The highest BCUT2D eigenvalue weighted by Crippen LogP contribution is 2.40. The molecular weight excluding hydrogens is 237 g/mol. The molecular formula is C17H26FN. The van der Waals surface area contributed by atoms with Crippen molar-refractivity contribution in [1.29, 1.82) is 0 Å². The number of hydrogen-bond acceptors (Lipinski definition) is 1. The molecule has 0 amide bonds. The zero-order valence-corrected chi connectivity index (χ0v) is 12.4. The standard InChI is InChI=1S/C17H26FN/c1-4-10-19-17(14-7-5-6-13(14)3)15-11-12(2)8-9-16(15)18/h8-9,11,13-14,17,19H,4-7,10H2,1-3H3. The molecule has 0 bridgehead atoms. The largest absolute Gasteiger partial charge is 0.310 e. The van der Waals surface area contributed by atoms with Crippen LogP contribution in [0.3, 0.4) is 0 Å². The molecule has 0 aliphatic heterocycles. The van der Waals surface area contributed by atoms with Crippen molar-refractivity contribution in [2.75, 3.05) is 6.54 Å². The van der Waals surface area contributed by atoms with Gasteiger partial charge in [-0.2, -0.15) is 0 Å². The van der Waals surface area contributed by atoms with Crippen LogP contribution in [-0.2, 0) is 0 Å². The first-order chi connectivity index (χ1) is 9.13. The van der Waals surface area contributed by atoms with Crippen LogP contribution in [0.5, 0.6) is 0 Å². The first-order valence-electron chi connectivity index (χ1n) is 7.63. The lowest BCUT2D eigenvalue weighted by Crippen LogP contribution is -2.31. The first kappa shape index (κ1) is 14.5. The smallest absolute Gasteiger partial charge is 0.128 e. The lowest BCUT2D eigenvalue weighted by molar-refractivity contribution is 0.295. The van der Waals surface area contributed by atoms with Crippen LogP contribution in [0, 0.1) is 24.6 Å². The first-order valence-corrected chi connectivity index (χ1v) is 7.63. The molecule has 3 atom stereocenters. The van der Waals surface area contributed by atoms with Gasteiger partial charge < -0.3 is 5.32 Å². The fourth-order valence-electron chi connectivity index (χ4n) is 3.36. The predicted molar refractivity (Wildman–Crippen MR) is 78.7 cm³/mol. The van der Waals surface area contributed by atoms with Gasteiger partial charge in [-0.3, -0.25) is 0 Å². The Hall–Kier alpha value is -0.890. The van der Waals surface area contributed by atoms with Gasteiger partial charge >= 0.3 is 0 Å². The quantitative estimate of drug-likeness (QED) is 0.818. The van der Waals surface area contributed by atoms with Crippen LogP contribution in [0.25, 0.3) is 0 Å². The Morgan fingerprint density at radius 2 is 2.16 bits per heavy atom. The van der Waals surface area contributed by atoms with E-state index in [4.69, 9.17) is 0 Å². The molecule has 3 unspecified atom stereocenters. The third kappa shape index (κ3) is 3.36. The summed E-state index contributed by atoms with van der Waals surface area (Å²) in [5, 5.41) is 3.59. The van der Waals surface area contributed by atoms with Gasteiger partial charge in [0.25, 0.3) is 0 Å². The maximum atomic E-state index is 14.2. The zero-order valence-electron chi connectivity index (χ0n) is 12.4. The van der Waals surface area contributed by atoms with Gasteiger partial charge in [-0.05, 0) is 44.2 Å². The van der Waals surface area contributed by atoms with E-state index in [9.17, 15) is 4.39 Å². The Morgan fingerprint density at radius 1 is 1.37 bits per heavy atom. The van der Waals surface area contributed by atoms with Crippen molar-refractivity contribution in [3.63, 3.8) is 0 Å². The van der Waals surface area contributed by atoms with E-state index < -0.39 is 0 Å². The van der Waals surface area contributed by atoms with Gasteiger partial charge in [0.05, 0.1) is 0 Å². The summed E-state index contributed by atoms with van der Waals surface area (Å²) in [6.07, 6.45) is 4.87. The Labute approximate surface area is 116 Å². The lowest BCUT2D eigenvalue weighted by atomic mass is 9.85. The van der Waals surface area contributed by atoms with Crippen LogP contribution in [0.15, 0.2) is 18.2 Å². The van der Waals surface area contributed by atoms with Crippen LogP contribution >= 0.6 is 0 Å². The highest BCUT2D eigenvalue weighted by atomic mass is 19.1. The number of aryl methyl sites for hydroxylation is 1. The third-order valence-corrected chi connectivity index (χ3v) is 4.46. The van der Waals surface area contributed by atoms with Crippen molar-refractivity contribution in [2.45, 2.75) is 52.5 Å². The molecule has 106 valence electrons. The lowest BCUT2D eigenvalue weighted by Gasteiger charge is -2.29. The van der Waals surface area contributed by atoms with E-state index in [0.717, 1.165) is 24.1 Å². The molecule has 2 heteroatoms. The molecule has 1 aromatic rings. The second-order valence-corrected chi connectivity index (χ2v) is 6.03. The summed E-state index contributed by atoms with van der Waals surface area (Å²) < 4.78 is 14.2. The molecule has 1 saturated carbocycles. The number of halogens is 1. The van der Waals surface area contributed by atoms with E-state index in [-0.39, 0.29) is 11.9 Å². The molecule has 0 spiro atoms. The Morgan fingerprint density at radius 3 is 2.79 bits per heavy atom. The Balaban J connectivity index is 2.28. The minimum Gasteiger partial charge on any atom is -0.310 e. The molecule has 19 heavy (non-hydrogen) atoms. The van der Waals surface area contributed by atoms with Gasteiger partial charge in [-0.1, -0.05) is 44.4 Å². The van der Waals surface area contributed by atoms with Crippen molar-refractivity contribution in [2.24, 2.45) is 11.8 Å². The van der Waals surface area contributed by atoms with Crippen LogP contribution in [0.1, 0.15) is 56.7 Å². The number of nitrogens with one attached hydrogen (secondary N) is 1. The second-order valence-electron chi connectivity index (χ2n) is 6.03. The van der Waals surface area contributed by atoms with Gasteiger partial charge in [-0.15, -0.1) is 0 Å². The zero-order chi connectivity index (χ0) is 13.8. The third-order valence-electron chi connectivity index (χ3n) is 4.46. The molecule has 1 aliphatic carbocycles. The van der Waals surface area contributed by atoms with E-state index in [1.807, 2.05) is 19.1 Å².